The van der Waals surface area contributed by atoms with Crippen molar-refractivity contribution in [2.45, 2.75) is 48.1 Å². The van der Waals surface area contributed by atoms with E-state index in [1.165, 1.54) is 12.2 Å². The molecule has 0 bridgehead atoms. The molecule has 0 aromatic carbocycles. The van der Waals surface area contributed by atoms with Crippen LogP contribution in [0.2, 0.25) is 0 Å². The van der Waals surface area contributed by atoms with Crippen molar-refractivity contribution in [3.63, 3.8) is 0 Å². The molecule has 0 aliphatic carbocycles. The highest BCUT2D eigenvalue weighted by Crippen LogP contribution is 2.48. The van der Waals surface area contributed by atoms with Gasteiger partial charge in [0.15, 0.2) is 11.6 Å². The van der Waals surface area contributed by atoms with Crippen LogP contribution in [0.5, 0.6) is 0 Å². The van der Waals surface area contributed by atoms with E-state index in [0.29, 0.717) is 0 Å². The quantitative estimate of drug-likeness (QED) is 0.224. The second-order valence-corrected chi connectivity index (χ2v) is 11.1. The SMILES string of the molecule is CC(C)(C)C(=O)OCOP(=O)(C/C=C/Cn1cc(F)c(N)nc1=O)OCOC(=O)C(C)(C)C. The Morgan fingerprint density at radius 2 is 1.55 bits per heavy atom. The minimum absolute atomic E-state index is 0.0962. The van der Waals surface area contributed by atoms with Gasteiger partial charge in [0.2, 0.25) is 13.6 Å². The standard InChI is InChI=1S/C20H31FN3O8P/c1-19(2,3)16(25)29-12-31-33(28,32-13-30-17(26)20(4,5)6)10-8-7-9-24-11-14(21)15(22)23-18(24)27/h7-8,11H,9-10,12-13H2,1-6H3,(H2,22,23,27)/b8-7+. The van der Waals surface area contributed by atoms with Crippen molar-refractivity contribution in [3.05, 3.63) is 34.7 Å². The number of nitrogens with two attached hydrogens (primary N) is 1. The number of hydrogen-bond acceptors (Lipinski definition) is 10. The summed E-state index contributed by atoms with van der Waals surface area (Å²) in [5, 5.41) is 0. The van der Waals surface area contributed by atoms with Crippen molar-refractivity contribution in [1.82, 2.24) is 9.55 Å². The Kier molecular flexibility index (Phi) is 9.95. The van der Waals surface area contributed by atoms with Gasteiger partial charge in [-0.2, -0.15) is 4.98 Å². The van der Waals surface area contributed by atoms with E-state index in [4.69, 9.17) is 24.3 Å². The second kappa shape index (κ2) is 11.5. The number of nitrogen functional groups attached to an aromatic ring is 1. The number of aromatic nitrogens is 2. The van der Waals surface area contributed by atoms with Crippen LogP contribution < -0.4 is 11.4 Å². The number of hydrogen-bond donors (Lipinski definition) is 1. The molecule has 186 valence electrons. The Morgan fingerprint density at radius 1 is 1.06 bits per heavy atom. The Morgan fingerprint density at radius 3 is 2.00 bits per heavy atom. The zero-order valence-electron chi connectivity index (χ0n) is 19.6. The van der Waals surface area contributed by atoms with Crippen LogP contribution in [0.15, 0.2) is 23.1 Å². The van der Waals surface area contributed by atoms with Crippen LogP contribution in [0.25, 0.3) is 0 Å². The Bertz CT molecular complexity index is 943. The largest absolute Gasteiger partial charge is 0.438 e. The van der Waals surface area contributed by atoms with E-state index in [-0.39, 0.29) is 12.7 Å². The maximum atomic E-state index is 13.5. The van der Waals surface area contributed by atoms with Gasteiger partial charge in [0.1, 0.15) is 0 Å². The van der Waals surface area contributed by atoms with Gasteiger partial charge in [0.05, 0.1) is 17.0 Å². The highest BCUT2D eigenvalue weighted by molar-refractivity contribution is 7.54. The highest BCUT2D eigenvalue weighted by Gasteiger charge is 2.29. The minimum atomic E-state index is -3.93. The summed E-state index contributed by atoms with van der Waals surface area (Å²) in [5.41, 5.74) is 2.87. The third kappa shape index (κ3) is 9.85. The van der Waals surface area contributed by atoms with Gasteiger partial charge < -0.3 is 15.2 Å². The van der Waals surface area contributed by atoms with Gasteiger partial charge in [-0.3, -0.25) is 27.8 Å². The lowest BCUT2D eigenvalue weighted by Crippen LogP contribution is -2.25. The number of allylic oxidation sites excluding steroid dienone is 2. The summed E-state index contributed by atoms with van der Waals surface area (Å²) < 4.78 is 47.7. The molecule has 33 heavy (non-hydrogen) atoms. The maximum absolute atomic E-state index is 13.5. The number of carbonyl (C=O) groups excluding carboxylic acids is 2. The van der Waals surface area contributed by atoms with Crippen molar-refractivity contribution in [2.75, 3.05) is 25.5 Å². The predicted molar refractivity (Wildman–Crippen MR) is 117 cm³/mol. The monoisotopic (exact) mass is 491 g/mol. The van der Waals surface area contributed by atoms with E-state index in [0.717, 1.165) is 10.8 Å². The van der Waals surface area contributed by atoms with Crippen LogP contribution in [0, 0.1) is 16.6 Å². The summed E-state index contributed by atoms with van der Waals surface area (Å²) in [7, 11) is -3.93. The molecule has 1 rings (SSSR count). The smallest absolute Gasteiger partial charge is 0.349 e. The molecular formula is C20H31FN3O8P. The van der Waals surface area contributed by atoms with E-state index >= 15 is 0 Å². The summed E-state index contributed by atoms with van der Waals surface area (Å²) in [5.74, 6) is -2.54. The summed E-state index contributed by atoms with van der Waals surface area (Å²) >= 11 is 0. The van der Waals surface area contributed by atoms with Crippen LogP contribution in [0.1, 0.15) is 41.5 Å². The molecule has 1 heterocycles. The topological polar surface area (TPSA) is 149 Å². The summed E-state index contributed by atoms with van der Waals surface area (Å²) in [4.78, 5) is 38.8. The first-order chi connectivity index (χ1) is 15.0. The van der Waals surface area contributed by atoms with Crippen molar-refractivity contribution >= 4 is 25.4 Å². The number of carbonyl (C=O) groups is 2. The number of ether oxygens (including phenoxy) is 2. The first-order valence-corrected chi connectivity index (χ1v) is 11.7. The van der Waals surface area contributed by atoms with Gasteiger partial charge in [-0.05, 0) is 41.5 Å². The average Bonchev–Trinajstić information content (AvgIpc) is 2.67. The average molecular weight is 491 g/mol. The molecular weight excluding hydrogens is 460 g/mol. The maximum Gasteiger partial charge on any atom is 0.349 e. The van der Waals surface area contributed by atoms with E-state index in [9.17, 15) is 23.3 Å². The molecule has 13 heteroatoms. The van der Waals surface area contributed by atoms with Crippen LogP contribution in [-0.4, -0.2) is 41.2 Å². The fourth-order valence-corrected chi connectivity index (χ4v) is 3.02. The second-order valence-electron chi connectivity index (χ2n) is 9.03. The zero-order valence-corrected chi connectivity index (χ0v) is 20.5. The van der Waals surface area contributed by atoms with Gasteiger partial charge in [-0.15, -0.1) is 0 Å². The molecule has 0 saturated carbocycles. The molecule has 0 saturated heterocycles. The lowest BCUT2D eigenvalue weighted by atomic mass is 9.98. The molecule has 0 radical (unpaired) electrons. The molecule has 0 aliphatic rings. The van der Waals surface area contributed by atoms with Gasteiger partial charge >= 0.3 is 25.2 Å². The Balaban J connectivity index is 2.81. The normalized spacial score (nSPS) is 12.7. The van der Waals surface area contributed by atoms with E-state index in [1.807, 2.05) is 0 Å². The number of esters is 2. The van der Waals surface area contributed by atoms with E-state index in [2.05, 4.69) is 4.98 Å². The van der Waals surface area contributed by atoms with E-state index < -0.39 is 61.3 Å². The fourth-order valence-electron chi connectivity index (χ4n) is 1.90. The van der Waals surface area contributed by atoms with Crippen molar-refractivity contribution in [3.8, 4) is 0 Å². The van der Waals surface area contributed by atoms with Gasteiger partial charge in [0, 0.05) is 12.7 Å². The molecule has 0 amide bonds. The first-order valence-electron chi connectivity index (χ1n) is 9.95. The van der Waals surface area contributed by atoms with Gasteiger partial charge in [0.25, 0.3) is 0 Å². The van der Waals surface area contributed by atoms with Crippen molar-refractivity contribution < 1.29 is 37.1 Å². The van der Waals surface area contributed by atoms with Crippen LogP contribution in [-0.2, 0) is 39.2 Å². The molecule has 0 aliphatic heterocycles. The lowest BCUT2D eigenvalue weighted by molar-refractivity contribution is -0.161. The van der Waals surface area contributed by atoms with Crippen LogP contribution >= 0.6 is 7.60 Å². The molecule has 0 spiro atoms. The summed E-state index contributed by atoms with van der Waals surface area (Å²) in [6, 6.07) is 0. The van der Waals surface area contributed by atoms with Gasteiger partial charge in [-0.25, -0.2) is 9.18 Å². The molecule has 0 unspecified atom stereocenters. The first kappa shape index (κ1) is 28.5. The molecule has 1 aromatic rings. The van der Waals surface area contributed by atoms with Crippen LogP contribution in [0.3, 0.4) is 0 Å². The van der Waals surface area contributed by atoms with Crippen molar-refractivity contribution in [2.24, 2.45) is 10.8 Å². The Labute approximate surface area is 191 Å². The highest BCUT2D eigenvalue weighted by atomic mass is 31.2. The third-order valence-electron chi connectivity index (χ3n) is 3.88. The van der Waals surface area contributed by atoms with Gasteiger partial charge in [-0.1, -0.05) is 12.2 Å². The summed E-state index contributed by atoms with van der Waals surface area (Å²) in [6.07, 6.45) is 3.34. The number of halogens is 1. The molecule has 0 atom stereocenters. The lowest BCUT2D eigenvalue weighted by Gasteiger charge is -2.21. The molecule has 0 fully saturated rings. The fraction of sp³-hybridized carbons (Fsp3) is 0.600. The number of rotatable bonds is 10. The number of nitrogens with zero attached hydrogens (tertiary/aromatic N) is 2. The zero-order chi connectivity index (χ0) is 25.4. The molecule has 11 nitrogen and oxygen atoms in total. The van der Waals surface area contributed by atoms with Crippen LogP contribution in [0.4, 0.5) is 10.2 Å². The Hall–Kier alpha value is -2.56. The van der Waals surface area contributed by atoms with E-state index in [1.54, 1.807) is 41.5 Å². The van der Waals surface area contributed by atoms with Crippen molar-refractivity contribution in [1.29, 1.82) is 0 Å². The predicted octanol–water partition coefficient (Wildman–Crippen LogP) is 2.84. The molecule has 2 N–H and O–H groups in total. The summed E-state index contributed by atoms with van der Waals surface area (Å²) in [6.45, 7) is 8.42. The number of anilines is 1. The third-order valence-corrected chi connectivity index (χ3v) is 5.53. The minimum Gasteiger partial charge on any atom is -0.438 e. The molecule has 1 aromatic heterocycles.